The minimum absolute atomic E-state index is 0.0423. The lowest BCUT2D eigenvalue weighted by Gasteiger charge is -2.34. The number of amides is 1. The Morgan fingerprint density at radius 1 is 1.03 bits per heavy atom. The smallest absolute Gasteiger partial charge is 0.272 e. The van der Waals surface area contributed by atoms with Crippen LogP contribution < -0.4 is 4.74 Å². The van der Waals surface area contributed by atoms with Crippen molar-refractivity contribution in [1.82, 2.24) is 19.4 Å². The van der Waals surface area contributed by atoms with Gasteiger partial charge in [0.25, 0.3) is 5.91 Å². The Morgan fingerprint density at radius 2 is 1.86 bits per heavy atom. The van der Waals surface area contributed by atoms with E-state index in [9.17, 15) is 4.79 Å². The van der Waals surface area contributed by atoms with Crippen LogP contribution in [0.4, 0.5) is 0 Å². The molecule has 1 saturated heterocycles. The van der Waals surface area contributed by atoms with E-state index >= 15 is 0 Å². The Hall–Kier alpha value is -3.12. The largest absolute Gasteiger partial charge is 0.493 e. The number of carbonyl (C=O) groups is 1. The summed E-state index contributed by atoms with van der Waals surface area (Å²) in [6.45, 7) is 4.91. The second-order valence-corrected chi connectivity index (χ2v) is 7.59. The molecular weight excluding hydrogens is 364 g/mol. The normalized spacial score (nSPS) is 16.5. The molecule has 3 heterocycles. The summed E-state index contributed by atoms with van der Waals surface area (Å²) in [5, 5.41) is 0. The zero-order valence-corrected chi connectivity index (χ0v) is 16.3. The van der Waals surface area contributed by atoms with E-state index in [0.717, 1.165) is 57.2 Å². The third kappa shape index (κ3) is 3.63. The highest BCUT2D eigenvalue weighted by Crippen LogP contribution is 2.26. The van der Waals surface area contributed by atoms with E-state index in [2.05, 4.69) is 28.1 Å². The van der Waals surface area contributed by atoms with Crippen LogP contribution in [-0.4, -0.2) is 58.0 Å². The monoisotopic (exact) mass is 388 g/mol. The van der Waals surface area contributed by atoms with Crippen LogP contribution in [0.5, 0.6) is 5.75 Å². The van der Waals surface area contributed by atoms with Crippen LogP contribution in [0.25, 0.3) is 5.69 Å². The molecule has 3 aromatic rings. The summed E-state index contributed by atoms with van der Waals surface area (Å²) in [6.07, 6.45) is 4.37. The van der Waals surface area contributed by atoms with Gasteiger partial charge in [-0.2, -0.15) is 0 Å². The van der Waals surface area contributed by atoms with Crippen LogP contribution >= 0.6 is 0 Å². The fourth-order valence-electron chi connectivity index (χ4n) is 4.12. The number of rotatable bonds is 4. The third-order valence-electron chi connectivity index (χ3n) is 5.71. The van der Waals surface area contributed by atoms with Crippen molar-refractivity contribution in [2.75, 3.05) is 32.8 Å². The number of para-hydroxylation sites is 1. The van der Waals surface area contributed by atoms with E-state index in [-0.39, 0.29) is 5.91 Å². The van der Waals surface area contributed by atoms with Crippen molar-refractivity contribution in [3.05, 3.63) is 77.9 Å². The second-order valence-electron chi connectivity index (χ2n) is 7.59. The lowest BCUT2D eigenvalue weighted by molar-refractivity contribution is 0.0620. The summed E-state index contributed by atoms with van der Waals surface area (Å²) in [4.78, 5) is 21.6. The minimum Gasteiger partial charge on any atom is -0.493 e. The van der Waals surface area contributed by atoms with Crippen molar-refractivity contribution in [1.29, 1.82) is 0 Å². The average Bonchev–Trinajstić information content (AvgIpc) is 3.44. The Labute approximate surface area is 170 Å². The molecule has 148 valence electrons. The SMILES string of the molecule is O=C(c1cncn1-c1ccccc1)N1CCN(Cc2ccc3c(c2)CCO3)CC1. The maximum absolute atomic E-state index is 13.1. The van der Waals surface area contributed by atoms with Crippen molar-refractivity contribution in [2.45, 2.75) is 13.0 Å². The topological polar surface area (TPSA) is 50.6 Å². The number of hydrogen-bond donors (Lipinski definition) is 0. The first kappa shape index (κ1) is 17.9. The molecule has 0 aliphatic carbocycles. The number of hydrogen-bond acceptors (Lipinski definition) is 4. The van der Waals surface area contributed by atoms with Gasteiger partial charge in [0.1, 0.15) is 11.4 Å². The molecule has 2 aliphatic heterocycles. The lowest BCUT2D eigenvalue weighted by Crippen LogP contribution is -2.48. The number of carbonyl (C=O) groups excluding carboxylic acids is 1. The number of piperazine rings is 1. The van der Waals surface area contributed by atoms with Gasteiger partial charge in [-0.15, -0.1) is 0 Å². The van der Waals surface area contributed by atoms with Crippen LogP contribution in [-0.2, 0) is 13.0 Å². The Kier molecular flexibility index (Phi) is 4.77. The predicted molar refractivity (Wildman–Crippen MR) is 110 cm³/mol. The van der Waals surface area contributed by atoms with Gasteiger partial charge in [-0.1, -0.05) is 30.3 Å². The van der Waals surface area contributed by atoms with Crippen LogP contribution in [0.2, 0.25) is 0 Å². The molecule has 1 fully saturated rings. The van der Waals surface area contributed by atoms with Crippen molar-refractivity contribution in [2.24, 2.45) is 0 Å². The van der Waals surface area contributed by atoms with Crippen molar-refractivity contribution in [3.8, 4) is 11.4 Å². The quantitative estimate of drug-likeness (QED) is 0.690. The van der Waals surface area contributed by atoms with E-state index in [1.165, 1.54) is 11.1 Å². The molecule has 0 N–H and O–H groups in total. The van der Waals surface area contributed by atoms with E-state index < -0.39 is 0 Å². The maximum atomic E-state index is 13.1. The molecule has 0 unspecified atom stereocenters. The summed E-state index contributed by atoms with van der Waals surface area (Å²) in [7, 11) is 0. The molecule has 0 bridgehead atoms. The zero-order chi connectivity index (χ0) is 19.6. The number of benzene rings is 2. The Balaban J connectivity index is 1.22. The Bertz CT molecular complexity index is 1010. The van der Waals surface area contributed by atoms with E-state index in [0.29, 0.717) is 5.69 Å². The van der Waals surface area contributed by atoms with Gasteiger partial charge in [0.2, 0.25) is 0 Å². The van der Waals surface area contributed by atoms with Gasteiger partial charge < -0.3 is 9.64 Å². The summed E-state index contributed by atoms with van der Waals surface area (Å²) in [5.74, 6) is 1.07. The average molecular weight is 388 g/mol. The van der Waals surface area contributed by atoms with E-state index in [4.69, 9.17) is 4.74 Å². The Morgan fingerprint density at radius 3 is 2.69 bits per heavy atom. The highest BCUT2D eigenvalue weighted by atomic mass is 16.5. The molecule has 0 atom stereocenters. The molecule has 1 aromatic heterocycles. The van der Waals surface area contributed by atoms with Crippen LogP contribution in [0.3, 0.4) is 0 Å². The molecule has 6 nitrogen and oxygen atoms in total. The molecule has 0 saturated carbocycles. The minimum atomic E-state index is 0.0423. The summed E-state index contributed by atoms with van der Waals surface area (Å²) < 4.78 is 7.46. The number of ether oxygens (including phenoxy) is 1. The van der Waals surface area contributed by atoms with E-state index in [1.807, 2.05) is 39.8 Å². The maximum Gasteiger partial charge on any atom is 0.272 e. The molecule has 0 spiro atoms. The number of fused-ring (bicyclic) bond motifs is 1. The summed E-state index contributed by atoms with van der Waals surface area (Å²) in [6, 6.07) is 16.4. The van der Waals surface area contributed by atoms with Gasteiger partial charge in [0.15, 0.2) is 0 Å². The number of nitrogens with zero attached hydrogens (tertiary/aromatic N) is 4. The predicted octanol–water partition coefficient (Wildman–Crippen LogP) is 2.77. The highest BCUT2D eigenvalue weighted by Gasteiger charge is 2.25. The van der Waals surface area contributed by atoms with Gasteiger partial charge in [-0.25, -0.2) is 4.98 Å². The van der Waals surface area contributed by atoms with E-state index in [1.54, 1.807) is 12.5 Å². The lowest BCUT2D eigenvalue weighted by atomic mass is 10.1. The van der Waals surface area contributed by atoms with Crippen molar-refractivity contribution in [3.63, 3.8) is 0 Å². The van der Waals surface area contributed by atoms with Gasteiger partial charge in [-0.05, 0) is 29.3 Å². The standard InChI is InChI=1S/C23H24N4O2/c28-23(21-15-24-17-27(21)20-4-2-1-3-5-20)26-11-9-25(10-12-26)16-18-6-7-22-19(14-18)8-13-29-22/h1-7,14-15,17H,8-13,16H2. The molecule has 2 aliphatic rings. The van der Waals surface area contributed by atoms with Gasteiger partial charge in [-0.3, -0.25) is 14.3 Å². The molecular formula is C23H24N4O2. The van der Waals surface area contributed by atoms with Crippen molar-refractivity contribution >= 4 is 5.91 Å². The highest BCUT2D eigenvalue weighted by molar-refractivity contribution is 5.93. The van der Waals surface area contributed by atoms with Gasteiger partial charge in [0, 0.05) is 44.8 Å². The second kappa shape index (κ2) is 7.72. The zero-order valence-electron chi connectivity index (χ0n) is 16.3. The first-order valence-corrected chi connectivity index (χ1v) is 10.1. The van der Waals surface area contributed by atoms with Crippen LogP contribution in [0, 0.1) is 0 Å². The first-order valence-electron chi connectivity index (χ1n) is 10.1. The molecule has 29 heavy (non-hydrogen) atoms. The summed E-state index contributed by atoms with van der Waals surface area (Å²) in [5.41, 5.74) is 4.19. The number of aromatic nitrogens is 2. The fourth-order valence-corrected chi connectivity index (χ4v) is 4.12. The van der Waals surface area contributed by atoms with Gasteiger partial charge >= 0.3 is 0 Å². The molecule has 0 radical (unpaired) electrons. The molecule has 1 amide bonds. The van der Waals surface area contributed by atoms with Gasteiger partial charge in [0.05, 0.1) is 19.1 Å². The van der Waals surface area contributed by atoms with Crippen LogP contribution in [0.15, 0.2) is 61.1 Å². The molecule has 2 aromatic carbocycles. The summed E-state index contributed by atoms with van der Waals surface area (Å²) >= 11 is 0. The third-order valence-corrected chi connectivity index (χ3v) is 5.71. The first-order chi connectivity index (χ1) is 14.3. The molecule has 6 heteroatoms. The van der Waals surface area contributed by atoms with Crippen molar-refractivity contribution < 1.29 is 9.53 Å². The fraction of sp³-hybridized carbons (Fsp3) is 0.304. The number of imidazole rings is 1. The molecule has 5 rings (SSSR count). The van der Waals surface area contributed by atoms with Crippen LogP contribution in [0.1, 0.15) is 21.6 Å².